The molecular formula is C13H11N3OS. The third kappa shape index (κ3) is 2.00. The number of thiophene rings is 1. The third-order valence-electron chi connectivity index (χ3n) is 2.72. The molecular weight excluding hydrogens is 246 g/mol. The molecule has 0 saturated carbocycles. The Bertz CT molecular complexity index is 578. The summed E-state index contributed by atoms with van der Waals surface area (Å²) in [7, 11) is 0. The third-order valence-corrected chi connectivity index (χ3v) is 3.66. The van der Waals surface area contributed by atoms with Crippen LogP contribution in [-0.2, 0) is 0 Å². The summed E-state index contributed by atoms with van der Waals surface area (Å²) in [4.78, 5) is 12.5. The standard InChI is InChI=1S/C13H11N3OS/c17-13-14-12(10-7-4-8-18-10)11(15-16-13)9-5-2-1-3-6-9/h1-8,12H,(H2,14,16,17)/t12-/m1/s1. The van der Waals surface area contributed by atoms with Gasteiger partial charge in [-0.1, -0.05) is 36.4 Å². The number of nitrogens with zero attached hydrogens (tertiary/aromatic N) is 1. The molecule has 2 amide bonds. The van der Waals surface area contributed by atoms with Crippen molar-refractivity contribution in [2.75, 3.05) is 0 Å². The average molecular weight is 257 g/mol. The summed E-state index contributed by atoms with van der Waals surface area (Å²) in [5.41, 5.74) is 4.30. The van der Waals surface area contributed by atoms with Crippen LogP contribution in [-0.4, -0.2) is 11.7 Å². The molecule has 0 bridgehead atoms. The van der Waals surface area contributed by atoms with Crippen molar-refractivity contribution < 1.29 is 4.79 Å². The Kier molecular flexibility index (Phi) is 2.82. The first-order chi connectivity index (χ1) is 8.84. The van der Waals surface area contributed by atoms with Crippen LogP contribution in [0.15, 0.2) is 52.9 Å². The minimum Gasteiger partial charge on any atom is -0.323 e. The van der Waals surface area contributed by atoms with Crippen molar-refractivity contribution in [3.05, 3.63) is 58.3 Å². The van der Waals surface area contributed by atoms with E-state index >= 15 is 0 Å². The largest absolute Gasteiger partial charge is 0.336 e. The van der Waals surface area contributed by atoms with E-state index in [1.165, 1.54) is 0 Å². The summed E-state index contributed by atoms with van der Waals surface area (Å²) in [6.07, 6.45) is 0. The minimum atomic E-state index is -0.270. The van der Waals surface area contributed by atoms with Gasteiger partial charge in [0, 0.05) is 10.4 Å². The molecule has 1 aromatic carbocycles. The second kappa shape index (κ2) is 4.62. The van der Waals surface area contributed by atoms with Crippen LogP contribution in [0.4, 0.5) is 4.79 Å². The fourth-order valence-electron chi connectivity index (χ4n) is 1.91. The fraction of sp³-hybridized carbons (Fsp3) is 0.0769. The highest BCUT2D eigenvalue weighted by molar-refractivity contribution is 7.10. The number of rotatable bonds is 2. The number of carbonyl (C=O) groups excluding carboxylic acids is 1. The van der Waals surface area contributed by atoms with Crippen molar-refractivity contribution in [2.45, 2.75) is 6.04 Å². The molecule has 2 heterocycles. The lowest BCUT2D eigenvalue weighted by atomic mass is 10.0. The highest BCUT2D eigenvalue weighted by Gasteiger charge is 2.26. The molecule has 0 spiro atoms. The van der Waals surface area contributed by atoms with Crippen molar-refractivity contribution in [2.24, 2.45) is 5.10 Å². The second-order valence-corrected chi connectivity index (χ2v) is 4.88. The highest BCUT2D eigenvalue weighted by Crippen LogP contribution is 2.24. The van der Waals surface area contributed by atoms with Crippen LogP contribution in [0.25, 0.3) is 0 Å². The number of carbonyl (C=O) groups is 1. The molecule has 18 heavy (non-hydrogen) atoms. The lowest BCUT2D eigenvalue weighted by Crippen LogP contribution is -2.44. The maximum atomic E-state index is 11.4. The molecule has 90 valence electrons. The molecule has 0 fully saturated rings. The van der Waals surface area contributed by atoms with Crippen LogP contribution in [0.2, 0.25) is 0 Å². The van der Waals surface area contributed by atoms with Gasteiger partial charge in [0.15, 0.2) is 0 Å². The summed E-state index contributed by atoms with van der Waals surface area (Å²) < 4.78 is 0. The second-order valence-electron chi connectivity index (χ2n) is 3.90. The van der Waals surface area contributed by atoms with Gasteiger partial charge < -0.3 is 5.32 Å². The van der Waals surface area contributed by atoms with Gasteiger partial charge in [-0.2, -0.15) is 5.10 Å². The SMILES string of the molecule is O=C1NN=C(c2ccccc2)[C@@H](c2cccs2)N1. The van der Waals surface area contributed by atoms with E-state index < -0.39 is 0 Å². The molecule has 1 aromatic heterocycles. The zero-order valence-electron chi connectivity index (χ0n) is 9.46. The predicted molar refractivity (Wildman–Crippen MR) is 71.7 cm³/mol. The first-order valence-corrected chi connectivity index (χ1v) is 6.45. The van der Waals surface area contributed by atoms with Gasteiger partial charge in [0.2, 0.25) is 0 Å². The zero-order chi connectivity index (χ0) is 12.4. The molecule has 0 saturated heterocycles. The van der Waals surface area contributed by atoms with Crippen LogP contribution in [0.1, 0.15) is 16.5 Å². The first kappa shape index (κ1) is 11.0. The van der Waals surface area contributed by atoms with E-state index in [0.717, 1.165) is 16.2 Å². The Morgan fingerprint density at radius 1 is 1.11 bits per heavy atom. The first-order valence-electron chi connectivity index (χ1n) is 5.57. The van der Waals surface area contributed by atoms with Crippen LogP contribution in [0.5, 0.6) is 0 Å². The van der Waals surface area contributed by atoms with Crippen molar-refractivity contribution >= 4 is 23.1 Å². The van der Waals surface area contributed by atoms with Crippen LogP contribution < -0.4 is 10.7 Å². The number of amides is 2. The van der Waals surface area contributed by atoms with Gasteiger partial charge in [0.05, 0.1) is 5.71 Å². The van der Waals surface area contributed by atoms with Gasteiger partial charge >= 0.3 is 6.03 Å². The van der Waals surface area contributed by atoms with Gasteiger partial charge in [0.25, 0.3) is 0 Å². The number of urea groups is 1. The van der Waals surface area contributed by atoms with Gasteiger partial charge in [-0.3, -0.25) is 0 Å². The maximum Gasteiger partial charge on any atom is 0.336 e. The zero-order valence-corrected chi connectivity index (χ0v) is 10.3. The van der Waals surface area contributed by atoms with Crippen LogP contribution in [0, 0.1) is 0 Å². The molecule has 1 aliphatic rings. The van der Waals surface area contributed by atoms with Crippen LogP contribution in [0.3, 0.4) is 0 Å². The normalized spacial score (nSPS) is 18.8. The maximum absolute atomic E-state index is 11.4. The van der Waals surface area contributed by atoms with E-state index in [2.05, 4.69) is 15.8 Å². The molecule has 0 unspecified atom stereocenters. The monoisotopic (exact) mass is 257 g/mol. The van der Waals surface area contributed by atoms with Crippen molar-refractivity contribution in [1.29, 1.82) is 0 Å². The molecule has 2 N–H and O–H groups in total. The summed E-state index contributed by atoms with van der Waals surface area (Å²) in [6, 6.07) is 13.4. The smallest absolute Gasteiger partial charge is 0.323 e. The minimum absolute atomic E-state index is 0.179. The summed E-state index contributed by atoms with van der Waals surface area (Å²) in [5.74, 6) is 0. The van der Waals surface area contributed by atoms with E-state index in [1.54, 1.807) is 11.3 Å². The molecule has 0 aliphatic carbocycles. The van der Waals surface area contributed by atoms with E-state index in [4.69, 9.17) is 0 Å². The van der Waals surface area contributed by atoms with Gasteiger partial charge in [-0.05, 0) is 11.4 Å². The Labute approximate surface area is 108 Å². The predicted octanol–water partition coefficient (Wildman–Crippen LogP) is 2.51. The van der Waals surface area contributed by atoms with E-state index in [9.17, 15) is 4.79 Å². The number of benzene rings is 1. The summed E-state index contributed by atoms with van der Waals surface area (Å²) in [6.45, 7) is 0. The molecule has 3 rings (SSSR count). The van der Waals surface area contributed by atoms with Crippen LogP contribution >= 0.6 is 11.3 Å². The van der Waals surface area contributed by atoms with E-state index in [-0.39, 0.29) is 12.1 Å². The molecule has 2 aromatic rings. The number of hydrogen-bond donors (Lipinski definition) is 2. The fourth-order valence-corrected chi connectivity index (χ4v) is 2.69. The lowest BCUT2D eigenvalue weighted by molar-refractivity contribution is 0.238. The number of nitrogens with one attached hydrogen (secondary N) is 2. The molecule has 5 heteroatoms. The Balaban J connectivity index is 2.03. The van der Waals surface area contributed by atoms with Gasteiger partial charge in [0.1, 0.15) is 6.04 Å². The Hall–Kier alpha value is -2.14. The van der Waals surface area contributed by atoms with Gasteiger partial charge in [-0.25, -0.2) is 10.2 Å². The number of hydrogen-bond acceptors (Lipinski definition) is 3. The molecule has 4 nitrogen and oxygen atoms in total. The summed E-state index contributed by atoms with van der Waals surface area (Å²) >= 11 is 1.61. The highest BCUT2D eigenvalue weighted by atomic mass is 32.1. The van der Waals surface area contributed by atoms with Gasteiger partial charge in [-0.15, -0.1) is 11.3 Å². The average Bonchev–Trinajstić information content (AvgIpc) is 2.93. The molecule has 1 atom stereocenters. The van der Waals surface area contributed by atoms with E-state index in [0.29, 0.717) is 0 Å². The van der Waals surface area contributed by atoms with Crippen molar-refractivity contribution in [3.63, 3.8) is 0 Å². The Morgan fingerprint density at radius 2 is 1.94 bits per heavy atom. The number of hydrazone groups is 1. The molecule has 0 radical (unpaired) electrons. The van der Waals surface area contributed by atoms with Crippen molar-refractivity contribution in [1.82, 2.24) is 10.7 Å². The Morgan fingerprint density at radius 3 is 2.67 bits per heavy atom. The lowest BCUT2D eigenvalue weighted by Gasteiger charge is -2.23. The molecule has 1 aliphatic heterocycles. The van der Waals surface area contributed by atoms with Crippen molar-refractivity contribution in [3.8, 4) is 0 Å². The van der Waals surface area contributed by atoms with E-state index in [1.807, 2.05) is 47.8 Å². The topological polar surface area (TPSA) is 53.5 Å². The quantitative estimate of drug-likeness (QED) is 0.853. The summed E-state index contributed by atoms with van der Waals surface area (Å²) in [5, 5.41) is 9.07.